The van der Waals surface area contributed by atoms with Gasteiger partial charge in [0, 0.05) is 21.1 Å². The fourth-order valence-electron chi connectivity index (χ4n) is 2.13. The van der Waals surface area contributed by atoms with Crippen molar-refractivity contribution < 1.29 is 14.0 Å². The van der Waals surface area contributed by atoms with Gasteiger partial charge in [-0.3, -0.25) is 9.59 Å². The number of hydrogen-bond donors (Lipinski definition) is 2. The van der Waals surface area contributed by atoms with Crippen molar-refractivity contribution in [1.29, 1.82) is 0 Å². The van der Waals surface area contributed by atoms with Crippen LogP contribution in [0.5, 0.6) is 0 Å². The molecule has 0 aliphatic rings. The molecule has 0 saturated heterocycles. The van der Waals surface area contributed by atoms with Gasteiger partial charge in [-0.2, -0.15) is 0 Å². The summed E-state index contributed by atoms with van der Waals surface area (Å²) >= 11 is 4.48. The molecule has 8 heteroatoms. The highest BCUT2D eigenvalue weighted by Gasteiger charge is 2.14. The summed E-state index contributed by atoms with van der Waals surface area (Å²) in [6.45, 7) is -0.193. The van der Waals surface area contributed by atoms with Crippen LogP contribution in [0.4, 0.5) is 10.1 Å². The van der Waals surface area contributed by atoms with Crippen molar-refractivity contribution in [3.63, 3.8) is 0 Å². The lowest BCUT2D eigenvalue weighted by atomic mass is 10.2. The average molecular weight is 434 g/mol. The van der Waals surface area contributed by atoms with Gasteiger partial charge in [-0.05, 0) is 36.4 Å². The Balaban J connectivity index is 1.58. The molecule has 0 aliphatic carbocycles. The van der Waals surface area contributed by atoms with Gasteiger partial charge in [-0.1, -0.05) is 28.1 Å². The molecule has 0 aliphatic heterocycles. The minimum atomic E-state index is -0.491. The Morgan fingerprint density at radius 1 is 1.12 bits per heavy atom. The van der Waals surface area contributed by atoms with Crippen molar-refractivity contribution in [2.45, 2.75) is 0 Å². The van der Waals surface area contributed by atoms with Gasteiger partial charge in [-0.25, -0.2) is 9.37 Å². The summed E-state index contributed by atoms with van der Waals surface area (Å²) < 4.78 is 14.7. The van der Waals surface area contributed by atoms with Crippen LogP contribution in [0.15, 0.2) is 58.4 Å². The maximum absolute atomic E-state index is 13.8. The lowest BCUT2D eigenvalue weighted by Crippen LogP contribution is -2.33. The van der Waals surface area contributed by atoms with Crippen LogP contribution in [-0.4, -0.2) is 23.3 Å². The standard InChI is InChI=1S/C18H13BrFN3O2S/c19-11-5-7-12(8-6-11)22-16(24)9-21-17(25)15-10-26-18(23-15)13-3-1-2-4-14(13)20/h1-8,10H,9H2,(H,21,25)(H,22,24). The maximum atomic E-state index is 13.8. The van der Waals surface area contributed by atoms with Gasteiger partial charge >= 0.3 is 0 Å². The summed E-state index contributed by atoms with van der Waals surface area (Å²) in [6.07, 6.45) is 0. The third-order valence-electron chi connectivity index (χ3n) is 3.38. The van der Waals surface area contributed by atoms with E-state index in [1.165, 1.54) is 22.8 Å². The molecule has 1 aromatic heterocycles. The molecule has 26 heavy (non-hydrogen) atoms. The molecule has 0 bridgehead atoms. The fourth-order valence-corrected chi connectivity index (χ4v) is 3.22. The SMILES string of the molecule is O=C(CNC(=O)c1csc(-c2ccccc2F)n1)Nc1ccc(Br)cc1. The molecule has 0 unspecified atom stereocenters. The van der Waals surface area contributed by atoms with E-state index in [0.717, 1.165) is 4.47 Å². The van der Waals surface area contributed by atoms with E-state index in [1.807, 2.05) is 0 Å². The highest BCUT2D eigenvalue weighted by atomic mass is 79.9. The van der Waals surface area contributed by atoms with Gasteiger partial charge in [0.2, 0.25) is 5.91 Å². The van der Waals surface area contributed by atoms with E-state index in [0.29, 0.717) is 16.3 Å². The highest BCUT2D eigenvalue weighted by molar-refractivity contribution is 9.10. The molecular weight excluding hydrogens is 421 g/mol. The van der Waals surface area contributed by atoms with Crippen LogP contribution in [0.3, 0.4) is 0 Å². The van der Waals surface area contributed by atoms with Crippen LogP contribution in [0, 0.1) is 5.82 Å². The summed E-state index contributed by atoms with van der Waals surface area (Å²) in [6, 6.07) is 13.3. The number of aromatic nitrogens is 1. The first-order valence-electron chi connectivity index (χ1n) is 7.57. The number of halogens is 2. The van der Waals surface area contributed by atoms with Gasteiger partial charge in [-0.15, -0.1) is 11.3 Å². The second kappa shape index (κ2) is 8.20. The van der Waals surface area contributed by atoms with Crippen molar-refractivity contribution in [2.75, 3.05) is 11.9 Å². The molecule has 0 fully saturated rings. The molecule has 0 spiro atoms. The number of benzene rings is 2. The van der Waals surface area contributed by atoms with E-state index >= 15 is 0 Å². The van der Waals surface area contributed by atoms with Crippen molar-refractivity contribution in [2.24, 2.45) is 0 Å². The predicted octanol–water partition coefficient (Wildman–Crippen LogP) is 4.08. The molecule has 0 radical (unpaired) electrons. The van der Waals surface area contributed by atoms with Crippen LogP contribution in [-0.2, 0) is 4.79 Å². The summed E-state index contributed by atoms with van der Waals surface area (Å²) in [7, 11) is 0. The monoisotopic (exact) mass is 433 g/mol. The molecule has 2 aromatic carbocycles. The summed E-state index contributed by atoms with van der Waals surface area (Å²) in [5, 5.41) is 7.11. The first-order valence-corrected chi connectivity index (χ1v) is 9.24. The molecule has 5 nitrogen and oxygen atoms in total. The van der Waals surface area contributed by atoms with Crippen molar-refractivity contribution in [3.8, 4) is 10.6 Å². The zero-order chi connectivity index (χ0) is 18.5. The lowest BCUT2D eigenvalue weighted by molar-refractivity contribution is -0.115. The first-order chi connectivity index (χ1) is 12.5. The zero-order valence-electron chi connectivity index (χ0n) is 13.3. The van der Waals surface area contributed by atoms with Gasteiger partial charge < -0.3 is 10.6 Å². The van der Waals surface area contributed by atoms with E-state index in [2.05, 4.69) is 31.5 Å². The van der Waals surface area contributed by atoms with Crippen LogP contribution in [0.25, 0.3) is 10.6 Å². The Labute approximate surface area is 161 Å². The number of carbonyl (C=O) groups excluding carboxylic acids is 2. The van der Waals surface area contributed by atoms with Crippen LogP contribution < -0.4 is 10.6 Å². The van der Waals surface area contributed by atoms with E-state index in [1.54, 1.807) is 42.5 Å². The smallest absolute Gasteiger partial charge is 0.271 e. The summed E-state index contributed by atoms with van der Waals surface area (Å²) in [4.78, 5) is 28.2. The van der Waals surface area contributed by atoms with Crippen LogP contribution in [0.2, 0.25) is 0 Å². The van der Waals surface area contributed by atoms with E-state index in [4.69, 9.17) is 0 Å². The quantitative estimate of drug-likeness (QED) is 0.636. The molecule has 3 aromatic rings. The number of rotatable bonds is 5. The number of nitrogens with one attached hydrogen (secondary N) is 2. The zero-order valence-corrected chi connectivity index (χ0v) is 15.7. The molecule has 132 valence electrons. The Morgan fingerprint density at radius 2 is 1.85 bits per heavy atom. The van der Waals surface area contributed by atoms with Gasteiger partial charge in [0.25, 0.3) is 5.91 Å². The number of amides is 2. The summed E-state index contributed by atoms with van der Waals surface area (Å²) in [5.74, 6) is -1.25. The minimum Gasteiger partial charge on any atom is -0.342 e. The second-order valence-electron chi connectivity index (χ2n) is 5.26. The largest absolute Gasteiger partial charge is 0.342 e. The Bertz CT molecular complexity index is 944. The Morgan fingerprint density at radius 3 is 2.58 bits per heavy atom. The third-order valence-corrected chi connectivity index (χ3v) is 4.78. The second-order valence-corrected chi connectivity index (χ2v) is 7.03. The number of anilines is 1. The Kier molecular flexibility index (Phi) is 5.75. The summed E-state index contributed by atoms with van der Waals surface area (Å²) in [5.41, 5.74) is 1.11. The molecular formula is C18H13BrFN3O2S. The van der Waals surface area contributed by atoms with Gasteiger partial charge in [0.05, 0.1) is 6.54 Å². The van der Waals surface area contributed by atoms with Crippen molar-refractivity contribution in [3.05, 3.63) is 69.9 Å². The number of carbonyl (C=O) groups is 2. The third kappa shape index (κ3) is 4.53. The molecule has 1 heterocycles. The lowest BCUT2D eigenvalue weighted by Gasteiger charge is -2.06. The van der Waals surface area contributed by atoms with Gasteiger partial charge in [0.1, 0.15) is 16.5 Å². The highest BCUT2D eigenvalue weighted by Crippen LogP contribution is 2.26. The number of nitrogens with zero attached hydrogens (tertiary/aromatic N) is 1. The molecule has 3 rings (SSSR count). The fraction of sp³-hybridized carbons (Fsp3) is 0.0556. The van der Waals surface area contributed by atoms with Gasteiger partial charge in [0.15, 0.2) is 0 Å². The predicted molar refractivity (Wildman–Crippen MR) is 103 cm³/mol. The first kappa shape index (κ1) is 18.2. The van der Waals surface area contributed by atoms with E-state index in [-0.39, 0.29) is 18.1 Å². The number of thiazole rings is 1. The van der Waals surface area contributed by atoms with Crippen LogP contribution >= 0.6 is 27.3 Å². The maximum Gasteiger partial charge on any atom is 0.271 e. The molecule has 0 saturated carbocycles. The minimum absolute atomic E-state index is 0.143. The van der Waals surface area contributed by atoms with Crippen LogP contribution in [0.1, 0.15) is 10.5 Å². The molecule has 2 N–H and O–H groups in total. The molecule has 0 atom stereocenters. The molecule has 2 amide bonds. The van der Waals surface area contributed by atoms with E-state index < -0.39 is 11.7 Å². The normalized spacial score (nSPS) is 10.4. The Hall–Kier alpha value is -2.58. The van der Waals surface area contributed by atoms with E-state index in [9.17, 15) is 14.0 Å². The van der Waals surface area contributed by atoms with Crippen molar-refractivity contribution in [1.82, 2.24) is 10.3 Å². The average Bonchev–Trinajstić information content (AvgIpc) is 3.12. The van der Waals surface area contributed by atoms with Crippen molar-refractivity contribution >= 4 is 44.8 Å². The number of hydrogen-bond acceptors (Lipinski definition) is 4. The topological polar surface area (TPSA) is 71.1 Å².